The van der Waals surface area contributed by atoms with Crippen molar-refractivity contribution in [3.8, 4) is 0 Å². The lowest BCUT2D eigenvalue weighted by Gasteiger charge is -2.02. The largest absolute Gasteiger partial charge is 0.353 e. The standard InChI is InChI=1S/C17H13Cl2N3OS2/c18-13-7-5-11(6-8-13)15(23)9-20-16-21-22-17(25-16)24-10-12-3-1-2-4-14(12)19/h1-8H,9-10H2,(H,20,21). The normalized spacial score (nSPS) is 10.6. The minimum absolute atomic E-state index is 0.0304. The highest BCUT2D eigenvalue weighted by atomic mass is 35.5. The van der Waals surface area contributed by atoms with Crippen molar-refractivity contribution >= 4 is 57.2 Å². The van der Waals surface area contributed by atoms with Crippen molar-refractivity contribution in [2.75, 3.05) is 11.9 Å². The Kier molecular flexibility index (Phi) is 6.31. The highest BCUT2D eigenvalue weighted by molar-refractivity contribution is 8.00. The van der Waals surface area contributed by atoms with Gasteiger partial charge in [-0.3, -0.25) is 4.79 Å². The number of rotatable bonds is 7. The monoisotopic (exact) mass is 409 g/mol. The Morgan fingerprint density at radius 3 is 2.60 bits per heavy atom. The van der Waals surface area contributed by atoms with Gasteiger partial charge in [-0.2, -0.15) is 0 Å². The molecule has 0 atom stereocenters. The van der Waals surface area contributed by atoms with Crippen LogP contribution in [0.2, 0.25) is 10.0 Å². The van der Waals surface area contributed by atoms with Gasteiger partial charge in [-0.25, -0.2) is 0 Å². The fourth-order valence-corrected chi connectivity index (χ4v) is 4.15. The Morgan fingerprint density at radius 1 is 1.08 bits per heavy atom. The molecular formula is C17H13Cl2N3OS2. The van der Waals surface area contributed by atoms with E-state index in [1.807, 2.05) is 24.3 Å². The summed E-state index contributed by atoms with van der Waals surface area (Å²) in [5.74, 6) is 0.690. The number of benzene rings is 2. The summed E-state index contributed by atoms with van der Waals surface area (Å²) in [6.45, 7) is 0.158. The number of thioether (sulfide) groups is 1. The Balaban J connectivity index is 1.52. The van der Waals surface area contributed by atoms with Gasteiger partial charge in [0.15, 0.2) is 10.1 Å². The molecule has 0 aliphatic rings. The van der Waals surface area contributed by atoms with E-state index in [1.165, 1.54) is 11.3 Å². The summed E-state index contributed by atoms with van der Waals surface area (Å²) in [6.07, 6.45) is 0. The number of ketones is 1. The van der Waals surface area contributed by atoms with Crippen LogP contribution in [0.1, 0.15) is 15.9 Å². The van der Waals surface area contributed by atoms with Crippen molar-refractivity contribution in [3.05, 3.63) is 69.7 Å². The molecule has 8 heteroatoms. The van der Waals surface area contributed by atoms with E-state index < -0.39 is 0 Å². The van der Waals surface area contributed by atoms with Crippen LogP contribution >= 0.6 is 46.3 Å². The van der Waals surface area contributed by atoms with Crippen LogP contribution in [-0.2, 0) is 5.75 Å². The van der Waals surface area contributed by atoms with Crippen LogP contribution in [0.3, 0.4) is 0 Å². The maximum Gasteiger partial charge on any atom is 0.206 e. The molecule has 0 saturated heterocycles. The van der Waals surface area contributed by atoms with Gasteiger partial charge < -0.3 is 5.32 Å². The van der Waals surface area contributed by atoms with Crippen LogP contribution in [0.4, 0.5) is 5.13 Å². The summed E-state index contributed by atoms with van der Waals surface area (Å²) in [5, 5.41) is 13.2. The second-order valence-electron chi connectivity index (χ2n) is 5.04. The summed E-state index contributed by atoms with van der Waals surface area (Å²) in [5.41, 5.74) is 1.66. The van der Waals surface area contributed by atoms with E-state index in [0.29, 0.717) is 15.7 Å². The summed E-state index contributed by atoms with van der Waals surface area (Å²) in [4.78, 5) is 12.1. The van der Waals surface area contributed by atoms with Crippen LogP contribution in [0.25, 0.3) is 0 Å². The van der Waals surface area contributed by atoms with E-state index in [4.69, 9.17) is 23.2 Å². The first-order valence-corrected chi connectivity index (χ1v) is 9.90. The zero-order valence-electron chi connectivity index (χ0n) is 12.9. The van der Waals surface area contributed by atoms with E-state index in [9.17, 15) is 4.79 Å². The number of carbonyl (C=O) groups is 1. The van der Waals surface area contributed by atoms with Gasteiger partial charge in [0.1, 0.15) is 0 Å². The number of hydrogen-bond acceptors (Lipinski definition) is 6. The Bertz CT molecular complexity index is 868. The summed E-state index contributed by atoms with van der Waals surface area (Å²) >= 11 is 14.9. The van der Waals surface area contributed by atoms with Crippen LogP contribution in [-0.4, -0.2) is 22.5 Å². The fraction of sp³-hybridized carbons (Fsp3) is 0.118. The third-order valence-electron chi connectivity index (χ3n) is 3.28. The van der Waals surface area contributed by atoms with Crippen LogP contribution < -0.4 is 5.32 Å². The fourth-order valence-electron chi connectivity index (χ4n) is 1.99. The number of carbonyl (C=O) groups excluding carboxylic acids is 1. The molecule has 1 N–H and O–H groups in total. The Hall–Kier alpha value is -1.60. The summed E-state index contributed by atoms with van der Waals surface area (Å²) < 4.78 is 0.821. The SMILES string of the molecule is O=C(CNc1nnc(SCc2ccccc2Cl)s1)c1ccc(Cl)cc1. The molecule has 0 aliphatic heterocycles. The first-order valence-electron chi connectivity index (χ1n) is 7.34. The van der Waals surface area contributed by atoms with Crippen molar-refractivity contribution in [2.24, 2.45) is 0 Å². The number of hydrogen-bond donors (Lipinski definition) is 1. The van der Waals surface area contributed by atoms with Crippen molar-refractivity contribution in [1.82, 2.24) is 10.2 Å². The quantitative estimate of drug-likeness (QED) is 0.416. The summed E-state index contributed by atoms with van der Waals surface area (Å²) in [7, 11) is 0. The van der Waals surface area contributed by atoms with Crippen LogP contribution in [0, 0.1) is 0 Å². The average molecular weight is 410 g/mol. The third-order valence-corrected chi connectivity index (χ3v) is 5.97. The lowest BCUT2D eigenvalue weighted by Crippen LogP contribution is -2.13. The van der Waals surface area contributed by atoms with Crippen LogP contribution in [0.5, 0.6) is 0 Å². The molecule has 0 amide bonds. The molecule has 3 aromatic rings. The molecule has 0 bridgehead atoms. The number of anilines is 1. The van der Waals surface area contributed by atoms with Gasteiger partial charge in [-0.05, 0) is 35.9 Å². The summed E-state index contributed by atoms with van der Waals surface area (Å²) in [6, 6.07) is 14.5. The van der Waals surface area contributed by atoms with E-state index in [-0.39, 0.29) is 12.3 Å². The molecule has 128 valence electrons. The Labute approximate surface area is 163 Å². The van der Waals surface area contributed by atoms with Gasteiger partial charge in [-0.15, -0.1) is 10.2 Å². The van der Waals surface area contributed by atoms with Crippen molar-refractivity contribution in [2.45, 2.75) is 10.1 Å². The number of halogens is 2. The van der Waals surface area contributed by atoms with Gasteiger partial charge in [0.25, 0.3) is 0 Å². The third kappa shape index (κ3) is 5.19. The molecule has 0 saturated carbocycles. The van der Waals surface area contributed by atoms with E-state index in [1.54, 1.807) is 36.0 Å². The van der Waals surface area contributed by atoms with Gasteiger partial charge in [-0.1, -0.05) is 64.5 Å². The molecule has 1 aromatic heterocycles. The number of aromatic nitrogens is 2. The smallest absolute Gasteiger partial charge is 0.206 e. The molecule has 0 fully saturated rings. The lowest BCUT2D eigenvalue weighted by atomic mass is 10.1. The molecule has 0 aliphatic carbocycles. The van der Waals surface area contributed by atoms with Crippen LogP contribution in [0.15, 0.2) is 52.9 Å². The molecule has 3 rings (SSSR count). The zero-order valence-corrected chi connectivity index (χ0v) is 16.1. The minimum Gasteiger partial charge on any atom is -0.353 e. The van der Waals surface area contributed by atoms with Crippen molar-refractivity contribution < 1.29 is 4.79 Å². The average Bonchev–Trinajstić information content (AvgIpc) is 3.07. The number of nitrogens with zero attached hydrogens (tertiary/aromatic N) is 2. The Morgan fingerprint density at radius 2 is 1.84 bits per heavy atom. The molecule has 25 heavy (non-hydrogen) atoms. The molecule has 0 unspecified atom stereocenters. The van der Waals surface area contributed by atoms with Crippen molar-refractivity contribution in [3.63, 3.8) is 0 Å². The zero-order chi connectivity index (χ0) is 17.6. The first kappa shape index (κ1) is 18.2. The second-order valence-corrected chi connectivity index (χ2v) is 8.08. The van der Waals surface area contributed by atoms with E-state index in [2.05, 4.69) is 15.5 Å². The lowest BCUT2D eigenvalue weighted by molar-refractivity contribution is 0.101. The molecule has 0 spiro atoms. The van der Waals surface area contributed by atoms with Gasteiger partial charge >= 0.3 is 0 Å². The van der Waals surface area contributed by atoms with Gasteiger partial charge in [0, 0.05) is 21.4 Å². The van der Waals surface area contributed by atoms with Gasteiger partial charge in [0.2, 0.25) is 5.13 Å². The topological polar surface area (TPSA) is 54.9 Å². The molecule has 2 aromatic carbocycles. The predicted molar refractivity (Wildman–Crippen MR) is 105 cm³/mol. The molecule has 4 nitrogen and oxygen atoms in total. The van der Waals surface area contributed by atoms with Gasteiger partial charge in [0.05, 0.1) is 6.54 Å². The predicted octanol–water partition coefficient (Wildman–Crippen LogP) is 5.43. The second kappa shape index (κ2) is 8.67. The maximum atomic E-state index is 12.1. The first-order chi connectivity index (χ1) is 12.1. The van der Waals surface area contributed by atoms with E-state index >= 15 is 0 Å². The molecule has 0 radical (unpaired) electrons. The minimum atomic E-state index is -0.0304. The number of nitrogens with one attached hydrogen (secondary N) is 1. The molecule has 1 heterocycles. The number of Topliss-reactive ketones (excluding diaryl/α,β-unsaturated/α-hetero) is 1. The van der Waals surface area contributed by atoms with E-state index in [0.717, 1.165) is 20.7 Å². The van der Waals surface area contributed by atoms with Crippen molar-refractivity contribution in [1.29, 1.82) is 0 Å². The highest BCUT2D eigenvalue weighted by Gasteiger charge is 2.09. The molecular weight excluding hydrogens is 397 g/mol. The maximum absolute atomic E-state index is 12.1. The highest BCUT2D eigenvalue weighted by Crippen LogP contribution is 2.30.